The van der Waals surface area contributed by atoms with E-state index in [0.29, 0.717) is 6.42 Å². The Hall–Kier alpha value is -0.370. The van der Waals surface area contributed by atoms with Gasteiger partial charge in [0.05, 0.1) is 0 Å². The monoisotopic (exact) mass is 127 g/mol. The molecule has 1 aliphatic carbocycles. The van der Waals surface area contributed by atoms with Crippen LogP contribution >= 0.6 is 0 Å². The Morgan fingerprint density at radius 1 is 1.67 bits per heavy atom. The minimum Gasteiger partial charge on any atom is -0.325 e. The van der Waals surface area contributed by atoms with Crippen molar-refractivity contribution < 1.29 is 4.79 Å². The van der Waals surface area contributed by atoms with Crippen molar-refractivity contribution in [2.75, 3.05) is 0 Å². The van der Waals surface area contributed by atoms with Gasteiger partial charge < -0.3 is 5.73 Å². The van der Waals surface area contributed by atoms with Crippen molar-refractivity contribution in [3.8, 4) is 0 Å². The Morgan fingerprint density at radius 2 is 2.22 bits per heavy atom. The number of ketones is 1. The standard InChI is InChI=1S/C7H13NO/c1-6(9)5-7(8)3-2-4-7/h2-5,8H2,1H3. The van der Waals surface area contributed by atoms with Crippen molar-refractivity contribution >= 4 is 5.78 Å². The SMILES string of the molecule is CC(=O)CC1(N)CCC1. The van der Waals surface area contributed by atoms with E-state index in [1.807, 2.05) is 0 Å². The molecule has 0 unspecified atom stereocenters. The van der Waals surface area contributed by atoms with E-state index in [4.69, 9.17) is 5.73 Å². The highest BCUT2D eigenvalue weighted by Gasteiger charge is 2.33. The summed E-state index contributed by atoms with van der Waals surface area (Å²) in [6.45, 7) is 1.60. The molecule has 0 aromatic heterocycles. The van der Waals surface area contributed by atoms with E-state index in [0.717, 1.165) is 12.8 Å². The van der Waals surface area contributed by atoms with E-state index in [2.05, 4.69) is 0 Å². The maximum atomic E-state index is 10.6. The topological polar surface area (TPSA) is 43.1 Å². The van der Waals surface area contributed by atoms with Gasteiger partial charge in [0.2, 0.25) is 0 Å². The molecule has 0 aliphatic heterocycles. The summed E-state index contributed by atoms with van der Waals surface area (Å²) < 4.78 is 0. The van der Waals surface area contributed by atoms with Gasteiger partial charge in [-0.15, -0.1) is 0 Å². The second-order valence-corrected chi connectivity index (χ2v) is 3.09. The van der Waals surface area contributed by atoms with Crippen molar-refractivity contribution in [1.29, 1.82) is 0 Å². The van der Waals surface area contributed by atoms with Crippen LogP contribution in [0.1, 0.15) is 32.6 Å². The molecule has 2 N–H and O–H groups in total. The van der Waals surface area contributed by atoms with Crippen molar-refractivity contribution in [2.24, 2.45) is 5.73 Å². The van der Waals surface area contributed by atoms with Gasteiger partial charge in [0, 0.05) is 12.0 Å². The largest absolute Gasteiger partial charge is 0.325 e. The molecule has 0 bridgehead atoms. The zero-order chi connectivity index (χ0) is 6.91. The van der Waals surface area contributed by atoms with Crippen LogP contribution in [0.2, 0.25) is 0 Å². The van der Waals surface area contributed by atoms with Crippen LogP contribution in [0.4, 0.5) is 0 Å². The first-order chi connectivity index (χ1) is 4.12. The molecular weight excluding hydrogens is 114 g/mol. The number of rotatable bonds is 2. The van der Waals surface area contributed by atoms with Gasteiger partial charge in [-0.05, 0) is 26.2 Å². The predicted octanol–water partition coefficient (Wildman–Crippen LogP) is 0.847. The summed E-state index contributed by atoms with van der Waals surface area (Å²) in [6.07, 6.45) is 3.84. The molecule has 2 nitrogen and oxygen atoms in total. The van der Waals surface area contributed by atoms with E-state index < -0.39 is 0 Å². The molecule has 2 heteroatoms. The minimum atomic E-state index is -0.105. The average Bonchev–Trinajstić information content (AvgIpc) is 1.60. The molecule has 0 atom stereocenters. The quantitative estimate of drug-likeness (QED) is 0.597. The number of nitrogens with two attached hydrogens (primary N) is 1. The van der Waals surface area contributed by atoms with Gasteiger partial charge >= 0.3 is 0 Å². The molecule has 1 rings (SSSR count). The maximum absolute atomic E-state index is 10.6. The predicted molar refractivity (Wildman–Crippen MR) is 36.1 cm³/mol. The Bertz CT molecular complexity index is 127. The van der Waals surface area contributed by atoms with Gasteiger partial charge in [-0.1, -0.05) is 0 Å². The fourth-order valence-electron chi connectivity index (χ4n) is 1.30. The lowest BCUT2D eigenvalue weighted by Gasteiger charge is -2.37. The Morgan fingerprint density at radius 3 is 2.33 bits per heavy atom. The zero-order valence-corrected chi connectivity index (χ0v) is 5.81. The molecule has 1 aliphatic rings. The number of hydrogen-bond acceptors (Lipinski definition) is 2. The fourth-order valence-corrected chi connectivity index (χ4v) is 1.30. The van der Waals surface area contributed by atoms with Crippen molar-refractivity contribution in [2.45, 2.75) is 38.1 Å². The summed E-state index contributed by atoms with van der Waals surface area (Å²) in [5.41, 5.74) is 5.68. The van der Waals surface area contributed by atoms with Gasteiger partial charge in [-0.2, -0.15) is 0 Å². The summed E-state index contributed by atoms with van der Waals surface area (Å²) in [5.74, 6) is 0.220. The van der Waals surface area contributed by atoms with Crippen molar-refractivity contribution in [3.63, 3.8) is 0 Å². The normalized spacial score (nSPS) is 22.9. The molecule has 1 saturated carbocycles. The second-order valence-electron chi connectivity index (χ2n) is 3.09. The molecule has 0 amide bonds. The Kier molecular flexibility index (Phi) is 1.58. The van der Waals surface area contributed by atoms with Gasteiger partial charge in [0.25, 0.3) is 0 Å². The molecular formula is C7H13NO. The first-order valence-electron chi connectivity index (χ1n) is 3.41. The van der Waals surface area contributed by atoms with E-state index in [1.165, 1.54) is 6.42 Å². The van der Waals surface area contributed by atoms with Gasteiger partial charge in [-0.25, -0.2) is 0 Å². The second kappa shape index (κ2) is 2.10. The summed E-state index contributed by atoms with van der Waals surface area (Å²) in [4.78, 5) is 10.6. The smallest absolute Gasteiger partial charge is 0.131 e. The Balaban J connectivity index is 2.33. The molecule has 0 heterocycles. The maximum Gasteiger partial charge on any atom is 0.131 e. The summed E-state index contributed by atoms with van der Waals surface area (Å²) >= 11 is 0. The lowest BCUT2D eigenvalue weighted by atomic mass is 9.74. The average molecular weight is 127 g/mol. The third kappa shape index (κ3) is 1.52. The fraction of sp³-hybridized carbons (Fsp3) is 0.857. The van der Waals surface area contributed by atoms with Gasteiger partial charge in [0.1, 0.15) is 5.78 Å². The molecule has 9 heavy (non-hydrogen) atoms. The van der Waals surface area contributed by atoms with Crippen LogP contribution in [0.3, 0.4) is 0 Å². The summed E-state index contributed by atoms with van der Waals surface area (Å²) in [5, 5.41) is 0. The zero-order valence-electron chi connectivity index (χ0n) is 5.81. The molecule has 0 aromatic carbocycles. The molecule has 0 saturated heterocycles. The highest BCUT2D eigenvalue weighted by atomic mass is 16.1. The highest BCUT2D eigenvalue weighted by Crippen LogP contribution is 2.31. The lowest BCUT2D eigenvalue weighted by molar-refractivity contribution is -0.118. The van der Waals surface area contributed by atoms with Gasteiger partial charge in [-0.3, -0.25) is 4.79 Å². The van der Waals surface area contributed by atoms with Crippen LogP contribution in [0.5, 0.6) is 0 Å². The van der Waals surface area contributed by atoms with Crippen LogP contribution in [0.15, 0.2) is 0 Å². The van der Waals surface area contributed by atoms with E-state index in [1.54, 1.807) is 6.92 Å². The van der Waals surface area contributed by atoms with E-state index in [-0.39, 0.29) is 11.3 Å². The van der Waals surface area contributed by atoms with E-state index in [9.17, 15) is 4.79 Å². The Labute approximate surface area is 55.4 Å². The third-order valence-corrected chi connectivity index (χ3v) is 1.95. The number of hydrogen-bond donors (Lipinski definition) is 1. The van der Waals surface area contributed by atoms with E-state index >= 15 is 0 Å². The summed E-state index contributed by atoms with van der Waals surface area (Å²) in [7, 11) is 0. The minimum absolute atomic E-state index is 0.105. The first kappa shape index (κ1) is 6.75. The molecule has 0 radical (unpaired) electrons. The highest BCUT2D eigenvalue weighted by molar-refractivity contribution is 5.76. The third-order valence-electron chi connectivity index (χ3n) is 1.95. The molecule has 1 fully saturated rings. The van der Waals surface area contributed by atoms with Crippen LogP contribution < -0.4 is 5.73 Å². The van der Waals surface area contributed by atoms with Crippen molar-refractivity contribution in [1.82, 2.24) is 0 Å². The molecule has 0 aromatic rings. The molecule has 52 valence electrons. The van der Waals surface area contributed by atoms with Crippen LogP contribution in [-0.4, -0.2) is 11.3 Å². The lowest BCUT2D eigenvalue weighted by Crippen LogP contribution is -2.47. The van der Waals surface area contributed by atoms with Crippen LogP contribution in [0, 0.1) is 0 Å². The first-order valence-corrected chi connectivity index (χ1v) is 3.41. The van der Waals surface area contributed by atoms with Crippen LogP contribution in [-0.2, 0) is 4.79 Å². The molecule has 0 spiro atoms. The van der Waals surface area contributed by atoms with Gasteiger partial charge in [0.15, 0.2) is 0 Å². The number of carbonyl (C=O) groups excluding carboxylic acids is 1. The van der Waals surface area contributed by atoms with Crippen LogP contribution in [0.25, 0.3) is 0 Å². The number of carbonyl (C=O) groups is 1. The number of Topliss-reactive ketones (excluding diaryl/α,β-unsaturated/α-hetero) is 1. The van der Waals surface area contributed by atoms with Crippen molar-refractivity contribution in [3.05, 3.63) is 0 Å². The summed E-state index contributed by atoms with van der Waals surface area (Å²) in [6, 6.07) is 0.